The van der Waals surface area contributed by atoms with Gasteiger partial charge in [0.25, 0.3) is 5.91 Å². The Morgan fingerprint density at radius 1 is 0.956 bits per heavy atom. The first kappa shape index (κ1) is 30.3. The number of carbonyl (C=O) groups excluding carboxylic acids is 2. The highest BCUT2D eigenvalue weighted by Crippen LogP contribution is 2.45. The molecule has 1 fully saturated rings. The van der Waals surface area contributed by atoms with Crippen molar-refractivity contribution in [1.29, 1.82) is 0 Å². The van der Waals surface area contributed by atoms with Gasteiger partial charge in [-0.3, -0.25) is 14.8 Å². The molecule has 1 unspecified atom stereocenters. The summed E-state index contributed by atoms with van der Waals surface area (Å²) in [5, 5.41) is 9.41. The van der Waals surface area contributed by atoms with Crippen LogP contribution in [-0.4, -0.2) is 54.2 Å². The van der Waals surface area contributed by atoms with Crippen molar-refractivity contribution in [2.75, 3.05) is 18.8 Å². The summed E-state index contributed by atoms with van der Waals surface area (Å²) in [7, 11) is -4.00. The first-order valence-corrected chi connectivity index (χ1v) is 16.6. The van der Waals surface area contributed by atoms with Gasteiger partial charge in [-0.1, -0.05) is 54.6 Å². The van der Waals surface area contributed by atoms with Crippen molar-refractivity contribution < 1.29 is 32.4 Å². The quantitative estimate of drug-likeness (QED) is 0.157. The van der Waals surface area contributed by atoms with Gasteiger partial charge in [-0.15, -0.1) is 11.3 Å². The first-order chi connectivity index (χ1) is 21.8. The molecule has 1 aliphatic rings. The van der Waals surface area contributed by atoms with E-state index in [1.807, 2.05) is 48.5 Å². The molecule has 0 radical (unpaired) electrons. The minimum absolute atomic E-state index is 0.0411. The van der Waals surface area contributed by atoms with Crippen molar-refractivity contribution in [3.63, 3.8) is 0 Å². The highest BCUT2D eigenvalue weighted by Gasteiger charge is 2.50. The Morgan fingerprint density at radius 3 is 2.42 bits per heavy atom. The summed E-state index contributed by atoms with van der Waals surface area (Å²) in [6.07, 6.45) is 2.44. The van der Waals surface area contributed by atoms with Crippen LogP contribution in [0.2, 0.25) is 0 Å². The molecular weight excluding hydrogens is 615 g/mol. The lowest BCUT2D eigenvalue weighted by Crippen LogP contribution is -2.41. The van der Waals surface area contributed by atoms with E-state index in [0.717, 1.165) is 16.0 Å². The Morgan fingerprint density at radius 2 is 1.69 bits per heavy atom. The van der Waals surface area contributed by atoms with Crippen molar-refractivity contribution in [2.45, 2.75) is 17.6 Å². The van der Waals surface area contributed by atoms with Crippen LogP contribution < -0.4 is 10.2 Å². The van der Waals surface area contributed by atoms with E-state index in [9.17, 15) is 23.2 Å². The number of hydroxylamine groups is 1. The lowest BCUT2D eigenvalue weighted by molar-refractivity contribution is -0.129. The van der Waals surface area contributed by atoms with Gasteiger partial charge in [0.1, 0.15) is 16.2 Å². The van der Waals surface area contributed by atoms with E-state index < -0.39 is 26.9 Å². The molecule has 1 aliphatic heterocycles. The van der Waals surface area contributed by atoms with Gasteiger partial charge >= 0.3 is 0 Å². The Labute approximate surface area is 263 Å². The van der Waals surface area contributed by atoms with Gasteiger partial charge in [-0.2, -0.15) is 0 Å². The third-order valence-corrected chi connectivity index (χ3v) is 11.8. The third-order valence-electron chi connectivity index (χ3n) is 7.90. The number of oxazole rings is 1. The van der Waals surface area contributed by atoms with Crippen LogP contribution in [0.15, 0.2) is 108 Å². The molecule has 3 heterocycles. The zero-order valence-electron chi connectivity index (χ0n) is 24.0. The minimum Gasteiger partial charge on any atom is -0.457 e. The second-order valence-corrected chi connectivity index (χ2v) is 14.1. The molecule has 2 amide bonds. The van der Waals surface area contributed by atoms with Crippen molar-refractivity contribution in [3.05, 3.63) is 114 Å². The molecule has 5 aromatic rings. The van der Waals surface area contributed by atoms with E-state index in [0.29, 0.717) is 27.7 Å². The topological polar surface area (TPSA) is 139 Å². The maximum atomic E-state index is 14.1. The van der Waals surface area contributed by atoms with Crippen LogP contribution in [0.5, 0.6) is 11.5 Å². The highest BCUT2D eigenvalue weighted by atomic mass is 32.2. The number of amides is 2. The molecule has 0 spiro atoms. The van der Waals surface area contributed by atoms with E-state index >= 15 is 0 Å². The van der Waals surface area contributed by atoms with Crippen LogP contribution in [0.4, 0.5) is 0 Å². The molecule has 2 N–H and O–H groups in total. The molecule has 0 aliphatic carbocycles. The summed E-state index contributed by atoms with van der Waals surface area (Å²) in [4.78, 5) is 33.1. The molecule has 0 saturated carbocycles. The maximum absolute atomic E-state index is 14.1. The maximum Gasteiger partial charge on any atom is 0.257 e. The summed E-state index contributed by atoms with van der Waals surface area (Å²) in [6, 6.07) is 27.0. The SMILES string of the molecule is O=C(CC1(c2ccc(-c3ccc(-c4cnco4)cc3)s2)CCN(C(=O)c2ccccc2Oc2ccccc2)CCS1(=O)=O)NO. The molecule has 1 saturated heterocycles. The number of para-hydroxylation sites is 2. The predicted molar refractivity (Wildman–Crippen MR) is 169 cm³/mol. The standard InChI is InChI=1S/C33H29N3O7S2/c37-31(35-39)20-33(30-15-14-29(44-30)24-12-10-23(11-13-24)28-21-34-22-42-28)16-17-36(18-19-45(33,40)41)32(38)26-8-4-5-9-27(26)43-25-6-2-1-3-7-25/h1-15,21-22,39H,16-20H2,(H,35,37). The zero-order valence-corrected chi connectivity index (χ0v) is 25.6. The normalized spacial score (nSPS) is 17.8. The van der Waals surface area contributed by atoms with Gasteiger partial charge in [-0.25, -0.2) is 18.9 Å². The third kappa shape index (κ3) is 6.12. The lowest BCUT2D eigenvalue weighted by atomic mass is 9.97. The van der Waals surface area contributed by atoms with Crippen LogP contribution in [-0.2, 0) is 19.4 Å². The van der Waals surface area contributed by atoms with Gasteiger partial charge in [0.05, 0.1) is 23.9 Å². The van der Waals surface area contributed by atoms with Crippen molar-refractivity contribution in [3.8, 4) is 33.3 Å². The fourth-order valence-electron chi connectivity index (χ4n) is 5.49. The van der Waals surface area contributed by atoms with Gasteiger partial charge in [0, 0.05) is 28.4 Å². The van der Waals surface area contributed by atoms with Gasteiger partial charge < -0.3 is 14.1 Å². The summed E-state index contributed by atoms with van der Waals surface area (Å²) >= 11 is 1.27. The van der Waals surface area contributed by atoms with Crippen molar-refractivity contribution >= 4 is 33.0 Å². The average Bonchev–Trinajstić information content (AvgIpc) is 3.76. The van der Waals surface area contributed by atoms with Gasteiger partial charge in [-0.05, 0) is 48.4 Å². The number of hydrogen-bond acceptors (Lipinski definition) is 9. The second kappa shape index (κ2) is 12.7. The van der Waals surface area contributed by atoms with E-state index in [2.05, 4.69) is 4.98 Å². The average molecular weight is 644 g/mol. The molecule has 45 heavy (non-hydrogen) atoms. The first-order valence-electron chi connectivity index (χ1n) is 14.2. The van der Waals surface area contributed by atoms with E-state index in [1.54, 1.807) is 54.1 Å². The van der Waals surface area contributed by atoms with E-state index in [1.165, 1.54) is 22.6 Å². The summed E-state index contributed by atoms with van der Waals surface area (Å²) in [5.41, 5.74) is 3.60. The molecule has 0 bridgehead atoms. The highest BCUT2D eigenvalue weighted by molar-refractivity contribution is 7.92. The number of aromatic nitrogens is 1. The van der Waals surface area contributed by atoms with Gasteiger partial charge in [0.2, 0.25) is 5.91 Å². The molecule has 1 atom stereocenters. The number of ether oxygens (including phenoxy) is 1. The number of sulfone groups is 1. The monoisotopic (exact) mass is 643 g/mol. The number of benzene rings is 3. The zero-order chi connectivity index (χ0) is 31.4. The Balaban J connectivity index is 1.30. The Kier molecular flexibility index (Phi) is 8.52. The number of thiophene rings is 1. The molecular formula is C33H29N3O7S2. The molecule has 10 nitrogen and oxygen atoms in total. The molecule has 3 aromatic carbocycles. The van der Waals surface area contributed by atoms with Crippen LogP contribution in [0.1, 0.15) is 28.1 Å². The fraction of sp³-hybridized carbons (Fsp3) is 0.182. The number of rotatable bonds is 8. The van der Waals surface area contributed by atoms with Crippen LogP contribution in [0.25, 0.3) is 21.8 Å². The largest absolute Gasteiger partial charge is 0.457 e. The van der Waals surface area contributed by atoms with Crippen molar-refractivity contribution in [2.24, 2.45) is 0 Å². The van der Waals surface area contributed by atoms with Gasteiger partial charge in [0.15, 0.2) is 22.0 Å². The predicted octanol–water partition coefficient (Wildman–Crippen LogP) is 5.91. The number of nitrogens with zero attached hydrogens (tertiary/aromatic N) is 2. The van der Waals surface area contributed by atoms with Crippen molar-refractivity contribution in [1.82, 2.24) is 15.4 Å². The molecule has 12 heteroatoms. The minimum atomic E-state index is -4.00. The van der Waals surface area contributed by atoms with E-state index in [4.69, 9.17) is 9.15 Å². The molecule has 230 valence electrons. The van der Waals surface area contributed by atoms with Crippen LogP contribution in [0, 0.1) is 0 Å². The summed E-state index contributed by atoms with van der Waals surface area (Å²) in [6.45, 7) is 0.000217. The second-order valence-electron chi connectivity index (χ2n) is 10.6. The molecule has 2 aromatic heterocycles. The number of nitrogens with one attached hydrogen (secondary N) is 1. The number of carbonyl (C=O) groups is 2. The molecule has 6 rings (SSSR count). The van der Waals surface area contributed by atoms with E-state index in [-0.39, 0.29) is 31.2 Å². The summed E-state index contributed by atoms with van der Waals surface area (Å²) < 4.78 is 37.9. The van der Waals surface area contributed by atoms with Crippen LogP contribution in [0.3, 0.4) is 0 Å². The van der Waals surface area contributed by atoms with Crippen LogP contribution >= 0.6 is 11.3 Å². The summed E-state index contributed by atoms with van der Waals surface area (Å²) in [5.74, 6) is -0.0297. The lowest BCUT2D eigenvalue weighted by Gasteiger charge is -2.30. The smallest absolute Gasteiger partial charge is 0.257 e. The Bertz CT molecular complexity index is 1910. The fourth-order valence-corrected chi connectivity index (χ4v) is 9.09. The number of hydrogen-bond donors (Lipinski definition) is 2. The Hall–Kier alpha value is -4.78.